The summed E-state index contributed by atoms with van der Waals surface area (Å²) in [5.41, 5.74) is 7.16. The third kappa shape index (κ3) is 2.43. The highest BCUT2D eigenvalue weighted by Crippen LogP contribution is 2.21. The van der Waals surface area contributed by atoms with Gasteiger partial charge in [0.1, 0.15) is 0 Å². The molecule has 0 spiro atoms. The first-order valence-corrected chi connectivity index (χ1v) is 5.12. The van der Waals surface area contributed by atoms with E-state index in [1.165, 1.54) is 0 Å². The topological polar surface area (TPSA) is 43.8 Å². The molecule has 1 heterocycles. The molecule has 0 aliphatic carbocycles. The Morgan fingerprint density at radius 1 is 1.33 bits per heavy atom. The van der Waals surface area contributed by atoms with Gasteiger partial charge in [-0.05, 0) is 17.7 Å². The number of nitrogens with two attached hydrogens (primary N) is 1. The number of halogens is 2. The lowest BCUT2D eigenvalue weighted by Crippen LogP contribution is -2.00. The Balaban J connectivity index is 2.24. The first-order valence-electron chi connectivity index (χ1n) is 4.37. The van der Waals surface area contributed by atoms with Crippen molar-refractivity contribution in [3.8, 4) is 0 Å². The second-order valence-electron chi connectivity index (χ2n) is 3.21. The summed E-state index contributed by atoms with van der Waals surface area (Å²) in [5, 5.41) is 5.34. The molecule has 2 rings (SSSR count). The molecule has 0 aliphatic heterocycles. The molecule has 0 saturated carbocycles. The van der Waals surface area contributed by atoms with E-state index in [1.807, 2.05) is 6.07 Å². The van der Waals surface area contributed by atoms with E-state index in [2.05, 4.69) is 5.10 Å². The summed E-state index contributed by atoms with van der Waals surface area (Å²) in [4.78, 5) is 0. The predicted molar refractivity (Wildman–Crippen MR) is 62.2 cm³/mol. The van der Waals surface area contributed by atoms with E-state index in [-0.39, 0.29) is 0 Å². The molecule has 2 N–H and O–H groups in total. The van der Waals surface area contributed by atoms with Crippen LogP contribution in [0.4, 0.5) is 5.69 Å². The van der Waals surface area contributed by atoms with Gasteiger partial charge in [-0.25, -0.2) is 0 Å². The Morgan fingerprint density at radius 3 is 2.73 bits per heavy atom. The van der Waals surface area contributed by atoms with Crippen molar-refractivity contribution < 1.29 is 0 Å². The molecular formula is C10H9Cl2N3. The van der Waals surface area contributed by atoms with Crippen molar-refractivity contribution in [3.63, 3.8) is 0 Å². The van der Waals surface area contributed by atoms with Gasteiger partial charge in [0.05, 0.1) is 18.4 Å². The average molecular weight is 242 g/mol. The molecule has 1 aromatic heterocycles. The summed E-state index contributed by atoms with van der Waals surface area (Å²) < 4.78 is 1.73. The van der Waals surface area contributed by atoms with Gasteiger partial charge in [-0.3, -0.25) is 4.68 Å². The van der Waals surface area contributed by atoms with Crippen LogP contribution < -0.4 is 5.73 Å². The summed E-state index contributed by atoms with van der Waals surface area (Å²) >= 11 is 11.8. The lowest BCUT2D eigenvalue weighted by Gasteiger charge is -2.04. The van der Waals surface area contributed by atoms with Gasteiger partial charge in [0.2, 0.25) is 0 Å². The number of hydrogen-bond acceptors (Lipinski definition) is 2. The van der Waals surface area contributed by atoms with Crippen molar-refractivity contribution >= 4 is 28.9 Å². The van der Waals surface area contributed by atoms with Gasteiger partial charge in [-0.1, -0.05) is 29.3 Å². The molecule has 0 atom stereocenters. The molecule has 3 nitrogen and oxygen atoms in total. The van der Waals surface area contributed by atoms with E-state index in [1.54, 1.807) is 29.2 Å². The van der Waals surface area contributed by atoms with Crippen molar-refractivity contribution in [1.82, 2.24) is 9.78 Å². The van der Waals surface area contributed by atoms with Crippen LogP contribution in [0.3, 0.4) is 0 Å². The zero-order valence-corrected chi connectivity index (χ0v) is 9.33. The zero-order chi connectivity index (χ0) is 10.8. The molecule has 0 unspecified atom stereocenters. The van der Waals surface area contributed by atoms with Crippen LogP contribution >= 0.6 is 23.2 Å². The molecule has 5 heteroatoms. The second-order valence-corrected chi connectivity index (χ2v) is 4.05. The minimum Gasteiger partial charge on any atom is -0.396 e. The Hall–Kier alpha value is -1.19. The summed E-state index contributed by atoms with van der Waals surface area (Å²) in [6.07, 6.45) is 3.36. The minimum absolute atomic E-state index is 0.590. The first-order chi connectivity index (χ1) is 7.15. The fraction of sp³-hybridized carbons (Fsp3) is 0.100. The smallest absolute Gasteiger partial charge is 0.0719 e. The number of benzene rings is 1. The van der Waals surface area contributed by atoms with Gasteiger partial charge in [0, 0.05) is 16.2 Å². The van der Waals surface area contributed by atoms with Gasteiger partial charge in [-0.2, -0.15) is 5.10 Å². The van der Waals surface area contributed by atoms with Gasteiger partial charge < -0.3 is 5.73 Å². The standard InChI is InChI=1S/C10H9Cl2N3/c11-8-2-1-7(10(12)3-8)5-15-6-9(13)4-14-15/h1-4,6H,5,13H2. The van der Waals surface area contributed by atoms with Crippen LogP contribution in [0.2, 0.25) is 10.0 Å². The lowest BCUT2D eigenvalue weighted by atomic mass is 10.2. The Labute approximate surface area is 97.4 Å². The number of hydrogen-bond donors (Lipinski definition) is 1. The SMILES string of the molecule is Nc1cnn(Cc2ccc(Cl)cc2Cl)c1. The quantitative estimate of drug-likeness (QED) is 0.879. The van der Waals surface area contributed by atoms with Crippen LogP contribution in [-0.2, 0) is 6.54 Å². The number of nitrogen functional groups attached to an aromatic ring is 1. The van der Waals surface area contributed by atoms with Gasteiger partial charge in [-0.15, -0.1) is 0 Å². The summed E-state index contributed by atoms with van der Waals surface area (Å²) in [7, 11) is 0. The predicted octanol–water partition coefficient (Wildman–Crippen LogP) is 2.82. The molecule has 1 aromatic carbocycles. The average Bonchev–Trinajstić information content (AvgIpc) is 2.56. The Bertz CT molecular complexity index is 479. The molecule has 0 amide bonds. The summed E-state index contributed by atoms with van der Waals surface area (Å²) in [5.74, 6) is 0. The molecule has 0 saturated heterocycles. The highest BCUT2D eigenvalue weighted by Gasteiger charge is 2.02. The van der Waals surface area contributed by atoms with Gasteiger partial charge in [0.15, 0.2) is 0 Å². The maximum absolute atomic E-state index is 6.03. The van der Waals surface area contributed by atoms with E-state index in [9.17, 15) is 0 Å². The van der Waals surface area contributed by atoms with Crippen LogP contribution in [0.5, 0.6) is 0 Å². The largest absolute Gasteiger partial charge is 0.396 e. The number of aromatic nitrogens is 2. The Morgan fingerprint density at radius 2 is 2.13 bits per heavy atom. The molecule has 0 bridgehead atoms. The van der Waals surface area contributed by atoms with Gasteiger partial charge in [0.25, 0.3) is 0 Å². The number of rotatable bonds is 2. The molecule has 0 aliphatic rings. The van der Waals surface area contributed by atoms with Crippen molar-refractivity contribution in [2.75, 3.05) is 5.73 Å². The zero-order valence-electron chi connectivity index (χ0n) is 7.82. The molecule has 78 valence electrons. The van der Waals surface area contributed by atoms with E-state index < -0.39 is 0 Å². The molecule has 15 heavy (non-hydrogen) atoms. The van der Waals surface area contributed by atoms with E-state index in [4.69, 9.17) is 28.9 Å². The molecular weight excluding hydrogens is 233 g/mol. The van der Waals surface area contributed by atoms with Crippen molar-refractivity contribution in [2.24, 2.45) is 0 Å². The number of nitrogens with zero attached hydrogens (tertiary/aromatic N) is 2. The van der Waals surface area contributed by atoms with Crippen molar-refractivity contribution in [3.05, 3.63) is 46.2 Å². The van der Waals surface area contributed by atoms with Crippen LogP contribution in [-0.4, -0.2) is 9.78 Å². The summed E-state index contributed by atoms with van der Waals surface area (Å²) in [6, 6.07) is 5.39. The third-order valence-corrected chi connectivity index (χ3v) is 2.59. The monoisotopic (exact) mass is 241 g/mol. The first kappa shape index (κ1) is 10.3. The summed E-state index contributed by atoms with van der Waals surface area (Å²) in [6.45, 7) is 0.590. The normalized spacial score (nSPS) is 10.5. The highest BCUT2D eigenvalue weighted by atomic mass is 35.5. The maximum Gasteiger partial charge on any atom is 0.0719 e. The highest BCUT2D eigenvalue weighted by molar-refractivity contribution is 6.35. The van der Waals surface area contributed by atoms with Gasteiger partial charge >= 0.3 is 0 Å². The fourth-order valence-corrected chi connectivity index (χ4v) is 1.76. The van der Waals surface area contributed by atoms with E-state index >= 15 is 0 Å². The van der Waals surface area contributed by atoms with E-state index in [0.29, 0.717) is 22.3 Å². The Kier molecular flexibility index (Phi) is 2.84. The van der Waals surface area contributed by atoms with Crippen molar-refractivity contribution in [1.29, 1.82) is 0 Å². The molecule has 0 fully saturated rings. The van der Waals surface area contributed by atoms with Crippen LogP contribution in [0, 0.1) is 0 Å². The lowest BCUT2D eigenvalue weighted by molar-refractivity contribution is 0.687. The maximum atomic E-state index is 6.03. The molecule has 0 radical (unpaired) electrons. The van der Waals surface area contributed by atoms with Crippen LogP contribution in [0.25, 0.3) is 0 Å². The van der Waals surface area contributed by atoms with E-state index in [0.717, 1.165) is 5.56 Å². The van der Waals surface area contributed by atoms with Crippen LogP contribution in [0.15, 0.2) is 30.6 Å². The third-order valence-electron chi connectivity index (χ3n) is 2.00. The second kappa shape index (κ2) is 4.13. The fourth-order valence-electron chi connectivity index (χ4n) is 1.29. The van der Waals surface area contributed by atoms with Crippen molar-refractivity contribution in [2.45, 2.75) is 6.54 Å². The number of anilines is 1. The minimum atomic E-state index is 0.590. The van der Waals surface area contributed by atoms with Crippen LogP contribution in [0.1, 0.15) is 5.56 Å². The molecule has 2 aromatic rings.